The van der Waals surface area contributed by atoms with Crippen molar-refractivity contribution in [2.75, 3.05) is 0 Å². The third kappa shape index (κ3) is 2.54. The standard InChI is InChI=1S/C20H24BrN3O/c1-2-16-18(24-11-15(21)3-4-17(24)22-16)19(25)23-20-8-12-5-13(9-20)7-14(6-12)10-20/h3-4,11-14H,2,5-10H2,1H3,(H,23,25). The highest BCUT2D eigenvalue weighted by Gasteiger charge is 2.51. The normalized spacial score (nSPS) is 33.1. The van der Waals surface area contributed by atoms with Gasteiger partial charge in [-0.25, -0.2) is 4.98 Å². The molecule has 4 bridgehead atoms. The fraction of sp³-hybridized carbons (Fsp3) is 0.600. The van der Waals surface area contributed by atoms with Crippen LogP contribution in [0.1, 0.15) is 61.6 Å². The van der Waals surface area contributed by atoms with Gasteiger partial charge < -0.3 is 5.32 Å². The first-order chi connectivity index (χ1) is 12.0. The van der Waals surface area contributed by atoms with Crippen molar-refractivity contribution >= 4 is 27.5 Å². The van der Waals surface area contributed by atoms with E-state index >= 15 is 0 Å². The summed E-state index contributed by atoms with van der Waals surface area (Å²) in [5, 5.41) is 3.50. The SMILES string of the molecule is CCc1nc2ccc(Br)cn2c1C(=O)NC12CC3CC(CC(C3)C1)C2. The number of rotatable bonds is 3. The largest absolute Gasteiger partial charge is 0.345 e. The van der Waals surface area contributed by atoms with Crippen LogP contribution >= 0.6 is 15.9 Å². The van der Waals surface area contributed by atoms with E-state index in [9.17, 15) is 4.79 Å². The lowest BCUT2D eigenvalue weighted by Crippen LogP contribution is -2.60. The van der Waals surface area contributed by atoms with Crippen LogP contribution in [-0.2, 0) is 6.42 Å². The maximum atomic E-state index is 13.3. The summed E-state index contributed by atoms with van der Waals surface area (Å²) < 4.78 is 2.91. The van der Waals surface area contributed by atoms with Gasteiger partial charge in [-0.2, -0.15) is 0 Å². The van der Waals surface area contributed by atoms with E-state index < -0.39 is 0 Å². The van der Waals surface area contributed by atoms with Crippen LogP contribution in [0.5, 0.6) is 0 Å². The van der Waals surface area contributed by atoms with Gasteiger partial charge in [0.1, 0.15) is 11.3 Å². The quantitative estimate of drug-likeness (QED) is 0.830. The number of fused-ring (bicyclic) bond motifs is 1. The van der Waals surface area contributed by atoms with Gasteiger partial charge in [-0.3, -0.25) is 9.20 Å². The Balaban J connectivity index is 1.51. The number of hydrogen-bond acceptors (Lipinski definition) is 2. The van der Waals surface area contributed by atoms with Gasteiger partial charge in [0.25, 0.3) is 5.91 Å². The minimum absolute atomic E-state index is 0.0347. The summed E-state index contributed by atoms with van der Waals surface area (Å²) in [5.74, 6) is 2.54. The van der Waals surface area contributed by atoms with Crippen LogP contribution in [0.4, 0.5) is 0 Å². The van der Waals surface area contributed by atoms with Gasteiger partial charge >= 0.3 is 0 Å². The van der Waals surface area contributed by atoms with Crippen LogP contribution in [-0.4, -0.2) is 20.8 Å². The average Bonchev–Trinajstić information content (AvgIpc) is 2.90. The molecule has 0 aromatic carbocycles. The number of amides is 1. The lowest BCUT2D eigenvalue weighted by atomic mass is 9.53. The topological polar surface area (TPSA) is 46.4 Å². The molecule has 132 valence electrons. The molecule has 0 radical (unpaired) electrons. The predicted molar refractivity (Wildman–Crippen MR) is 101 cm³/mol. The number of imidazole rings is 1. The number of halogens is 1. The lowest BCUT2D eigenvalue weighted by Gasteiger charge is -2.56. The monoisotopic (exact) mass is 401 g/mol. The third-order valence-electron chi connectivity index (χ3n) is 6.62. The van der Waals surface area contributed by atoms with Crippen molar-refractivity contribution < 1.29 is 4.79 Å². The van der Waals surface area contributed by atoms with Crippen LogP contribution in [0.3, 0.4) is 0 Å². The van der Waals surface area contributed by atoms with Crippen LogP contribution in [0, 0.1) is 17.8 Å². The summed E-state index contributed by atoms with van der Waals surface area (Å²) in [4.78, 5) is 18.0. The second-order valence-corrected chi connectivity index (χ2v) is 9.40. The first-order valence-electron chi connectivity index (χ1n) is 9.54. The molecule has 0 saturated heterocycles. The van der Waals surface area contributed by atoms with E-state index in [4.69, 9.17) is 0 Å². The Morgan fingerprint density at radius 1 is 1.24 bits per heavy atom. The molecule has 4 saturated carbocycles. The zero-order chi connectivity index (χ0) is 17.2. The molecule has 5 heteroatoms. The zero-order valence-corrected chi connectivity index (χ0v) is 16.2. The van der Waals surface area contributed by atoms with Gasteiger partial charge in [0.2, 0.25) is 0 Å². The van der Waals surface area contributed by atoms with E-state index in [2.05, 4.69) is 33.2 Å². The number of nitrogens with one attached hydrogen (secondary N) is 1. The van der Waals surface area contributed by atoms with Crippen LogP contribution < -0.4 is 5.32 Å². The molecule has 0 atom stereocenters. The molecular formula is C20H24BrN3O. The Hall–Kier alpha value is -1.36. The van der Waals surface area contributed by atoms with Crippen LogP contribution in [0.15, 0.2) is 22.8 Å². The summed E-state index contributed by atoms with van der Waals surface area (Å²) in [6.45, 7) is 2.07. The van der Waals surface area contributed by atoms with Crippen molar-refractivity contribution in [1.29, 1.82) is 0 Å². The zero-order valence-electron chi connectivity index (χ0n) is 14.6. The highest BCUT2D eigenvalue weighted by Crippen LogP contribution is 2.55. The maximum absolute atomic E-state index is 13.3. The number of aromatic nitrogens is 2. The fourth-order valence-electron chi connectivity index (χ4n) is 6.12. The molecule has 25 heavy (non-hydrogen) atoms. The average molecular weight is 402 g/mol. The van der Waals surface area contributed by atoms with E-state index in [-0.39, 0.29) is 11.4 Å². The molecule has 2 heterocycles. The second-order valence-electron chi connectivity index (χ2n) is 8.49. The number of hydrogen-bond donors (Lipinski definition) is 1. The van der Waals surface area contributed by atoms with E-state index in [0.29, 0.717) is 0 Å². The van der Waals surface area contributed by atoms with Crippen molar-refractivity contribution in [2.24, 2.45) is 17.8 Å². The minimum atomic E-state index is 0.0347. The second kappa shape index (κ2) is 5.57. The van der Waals surface area contributed by atoms with Gasteiger partial charge in [-0.15, -0.1) is 0 Å². The van der Waals surface area contributed by atoms with Gasteiger partial charge in [-0.1, -0.05) is 6.92 Å². The van der Waals surface area contributed by atoms with E-state index in [1.807, 2.05) is 22.7 Å². The van der Waals surface area contributed by atoms with Crippen LogP contribution in [0.25, 0.3) is 5.65 Å². The number of pyridine rings is 1. The summed E-state index contributed by atoms with van der Waals surface area (Å²) in [6.07, 6.45) is 10.4. The Kier molecular flexibility index (Phi) is 3.53. The molecule has 1 amide bonds. The van der Waals surface area contributed by atoms with Crippen molar-refractivity contribution in [2.45, 2.75) is 57.4 Å². The van der Waals surface area contributed by atoms with Crippen molar-refractivity contribution in [3.05, 3.63) is 34.2 Å². The fourth-order valence-corrected chi connectivity index (χ4v) is 6.46. The van der Waals surface area contributed by atoms with Gasteiger partial charge in [0.15, 0.2) is 0 Å². The number of aryl methyl sites for hydroxylation is 1. The molecule has 2 aromatic heterocycles. The number of nitrogens with zero attached hydrogens (tertiary/aromatic N) is 2. The summed E-state index contributed by atoms with van der Waals surface area (Å²) >= 11 is 3.52. The van der Waals surface area contributed by atoms with Crippen molar-refractivity contribution in [1.82, 2.24) is 14.7 Å². The lowest BCUT2D eigenvalue weighted by molar-refractivity contribution is -0.0168. The third-order valence-corrected chi connectivity index (χ3v) is 7.09. The van der Waals surface area contributed by atoms with E-state index in [1.54, 1.807) is 0 Å². The van der Waals surface area contributed by atoms with E-state index in [1.165, 1.54) is 38.5 Å². The summed E-state index contributed by atoms with van der Waals surface area (Å²) in [7, 11) is 0. The first kappa shape index (κ1) is 15.9. The molecule has 6 rings (SSSR count). The minimum Gasteiger partial charge on any atom is -0.345 e. The predicted octanol–water partition coefficient (Wildman–Crippen LogP) is 4.36. The molecule has 0 spiro atoms. The molecule has 4 aliphatic carbocycles. The highest BCUT2D eigenvalue weighted by atomic mass is 79.9. The summed E-state index contributed by atoms with van der Waals surface area (Å²) in [5.41, 5.74) is 2.48. The Bertz CT molecular complexity index is 821. The Morgan fingerprint density at radius 3 is 2.48 bits per heavy atom. The van der Waals surface area contributed by atoms with Gasteiger partial charge in [0.05, 0.1) is 5.69 Å². The first-order valence-corrected chi connectivity index (χ1v) is 10.3. The smallest absolute Gasteiger partial charge is 0.270 e. The van der Waals surface area contributed by atoms with Crippen molar-refractivity contribution in [3.63, 3.8) is 0 Å². The summed E-state index contributed by atoms with van der Waals surface area (Å²) in [6, 6.07) is 3.94. The molecule has 4 fully saturated rings. The van der Waals surface area contributed by atoms with Gasteiger partial charge in [-0.05, 0) is 90.8 Å². The van der Waals surface area contributed by atoms with Crippen molar-refractivity contribution in [3.8, 4) is 0 Å². The molecule has 2 aromatic rings. The number of carbonyl (C=O) groups is 1. The number of carbonyl (C=O) groups excluding carboxylic acids is 1. The van der Waals surface area contributed by atoms with Crippen LogP contribution in [0.2, 0.25) is 0 Å². The highest BCUT2D eigenvalue weighted by molar-refractivity contribution is 9.10. The molecule has 4 aliphatic rings. The molecule has 0 unspecified atom stereocenters. The molecular weight excluding hydrogens is 378 g/mol. The molecule has 1 N–H and O–H groups in total. The molecule has 0 aliphatic heterocycles. The maximum Gasteiger partial charge on any atom is 0.270 e. The Labute approximate surface area is 156 Å². The molecule has 4 nitrogen and oxygen atoms in total. The van der Waals surface area contributed by atoms with E-state index in [0.717, 1.165) is 45.7 Å². The van der Waals surface area contributed by atoms with Gasteiger partial charge in [0, 0.05) is 16.2 Å². The Morgan fingerprint density at radius 2 is 1.88 bits per heavy atom.